The van der Waals surface area contributed by atoms with Gasteiger partial charge in [-0.05, 0) is 12.1 Å². The van der Waals surface area contributed by atoms with Crippen molar-refractivity contribution in [3.05, 3.63) is 18.2 Å². The summed E-state index contributed by atoms with van der Waals surface area (Å²) in [5.74, 6) is 0.882. The Balaban J connectivity index is 1.90. The molecule has 0 spiro atoms. The summed E-state index contributed by atoms with van der Waals surface area (Å²) in [5.41, 5.74) is 0.559. The molecule has 1 amide bonds. The maximum absolute atomic E-state index is 12.0. The Morgan fingerprint density at radius 3 is 2.83 bits per heavy atom. The number of benzene rings is 1. The molecule has 0 bridgehead atoms. The van der Waals surface area contributed by atoms with Gasteiger partial charge in [-0.15, -0.1) is 0 Å². The maximum Gasteiger partial charge on any atom is 0.290 e. The van der Waals surface area contributed by atoms with Crippen LogP contribution in [-0.2, 0) is 11.8 Å². The van der Waals surface area contributed by atoms with Crippen LogP contribution in [0.15, 0.2) is 27.7 Å². The first-order valence-corrected chi connectivity index (χ1v) is 7.71. The first-order valence-electron chi connectivity index (χ1n) is 6.72. The second kappa shape index (κ2) is 7.73. The van der Waals surface area contributed by atoms with E-state index in [2.05, 4.69) is 15.1 Å². The SMILES string of the molecule is COc1ccc(NC(=O)CCSc2c([O-])on[n+]2C)c(OC)c1. The number of nitrogens with zero attached hydrogens (tertiary/aromatic N) is 2. The fraction of sp³-hybridized carbons (Fsp3) is 0.357. The van der Waals surface area contributed by atoms with Gasteiger partial charge in [-0.25, -0.2) is 0 Å². The van der Waals surface area contributed by atoms with Crippen molar-refractivity contribution in [3.8, 4) is 17.4 Å². The van der Waals surface area contributed by atoms with E-state index in [-0.39, 0.29) is 12.3 Å². The smallest absolute Gasteiger partial charge is 0.290 e. The molecule has 0 atom stereocenters. The normalized spacial score (nSPS) is 10.4. The number of rotatable bonds is 7. The molecule has 2 rings (SSSR count). The van der Waals surface area contributed by atoms with E-state index in [1.807, 2.05) is 0 Å². The molecule has 1 aromatic heterocycles. The Morgan fingerprint density at radius 2 is 2.22 bits per heavy atom. The van der Waals surface area contributed by atoms with Crippen LogP contribution in [0.25, 0.3) is 0 Å². The fourth-order valence-corrected chi connectivity index (χ4v) is 2.67. The number of hydrogen-bond acceptors (Lipinski definition) is 7. The van der Waals surface area contributed by atoms with Crippen molar-refractivity contribution >= 4 is 23.4 Å². The minimum absolute atomic E-state index is 0.187. The average molecular weight is 339 g/mol. The van der Waals surface area contributed by atoms with Gasteiger partial charge >= 0.3 is 0 Å². The van der Waals surface area contributed by atoms with Crippen LogP contribution in [0.4, 0.5) is 5.69 Å². The largest absolute Gasteiger partial charge is 0.538 e. The molecule has 2 aromatic rings. The third-order valence-corrected chi connectivity index (χ3v) is 4.08. The standard InChI is InChI=1S/C14H17N3O5S/c1-17-13(14(19)22-16-17)23-7-6-12(18)15-10-5-4-9(20-2)8-11(10)21-3/h4-5,8H,6-7H2,1-3H3,(H-,15,16,18,19). The number of anilines is 1. The Morgan fingerprint density at radius 1 is 1.43 bits per heavy atom. The third-order valence-electron chi connectivity index (χ3n) is 2.97. The third kappa shape index (κ3) is 4.28. The van der Waals surface area contributed by atoms with Crippen molar-refractivity contribution < 1.29 is 28.6 Å². The second-order valence-corrected chi connectivity index (χ2v) is 5.59. The summed E-state index contributed by atoms with van der Waals surface area (Å²) in [7, 11) is 4.68. The summed E-state index contributed by atoms with van der Waals surface area (Å²) in [6, 6.07) is 5.12. The number of amides is 1. The van der Waals surface area contributed by atoms with Gasteiger partial charge in [0.05, 0.1) is 25.2 Å². The highest BCUT2D eigenvalue weighted by molar-refractivity contribution is 7.99. The lowest BCUT2D eigenvalue weighted by atomic mass is 10.2. The van der Waals surface area contributed by atoms with E-state index in [4.69, 9.17) is 9.47 Å². The van der Waals surface area contributed by atoms with E-state index < -0.39 is 5.95 Å². The molecular formula is C14H17N3O5S. The van der Waals surface area contributed by atoms with Crippen LogP contribution in [-0.4, -0.2) is 31.2 Å². The summed E-state index contributed by atoms with van der Waals surface area (Å²) >= 11 is 1.22. The van der Waals surface area contributed by atoms with Gasteiger partial charge in [0.2, 0.25) is 5.91 Å². The molecule has 0 radical (unpaired) electrons. The number of hydrogen-bond donors (Lipinski definition) is 1. The predicted molar refractivity (Wildman–Crippen MR) is 80.6 cm³/mol. The molecule has 1 N–H and O–H groups in total. The Labute approximate surface area is 137 Å². The molecule has 1 aromatic carbocycles. The van der Waals surface area contributed by atoms with Gasteiger partial charge in [0.15, 0.2) is 13.0 Å². The fourth-order valence-electron chi connectivity index (χ4n) is 1.81. The highest BCUT2D eigenvalue weighted by atomic mass is 32.2. The van der Waals surface area contributed by atoms with Gasteiger partial charge in [-0.3, -0.25) is 4.79 Å². The van der Waals surface area contributed by atoms with Crippen molar-refractivity contribution in [1.29, 1.82) is 0 Å². The molecule has 1 heterocycles. The van der Waals surface area contributed by atoms with Crippen LogP contribution >= 0.6 is 11.8 Å². The van der Waals surface area contributed by atoms with Crippen LogP contribution in [0.1, 0.15) is 6.42 Å². The topological polar surface area (TPSA) is 101 Å². The average Bonchev–Trinajstić information content (AvgIpc) is 2.87. The van der Waals surface area contributed by atoms with Gasteiger partial charge in [0, 0.05) is 18.2 Å². The van der Waals surface area contributed by atoms with Crippen LogP contribution in [0.2, 0.25) is 0 Å². The van der Waals surface area contributed by atoms with E-state index in [1.165, 1.54) is 23.6 Å². The first kappa shape index (κ1) is 16.9. The number of methoxy groups -OCH3 is 2. The Bertz CT molecular complexity index is 670. The van der Waals surface area contributed by atoms with E-state index in [0.717, 1.165) is 0 Å². The molecule has 0 saturated carbocycles. The van der Waals surface area contributed by atoms with E-state index in [1.54, 1.807) is 32.4 Å². The van der Waals surface area contributed by atoms with Gasteiger partial charge in [0.1, 0.15) is 11.5 Å². The Hall–Kier alpha value is -2.42. The molecule has 124 valence electrons. The van der Waals surface area contributed by atoms with Crippen molar-refractivity contribution in [2.45, 2.75) is 11.4 Å². The van der Waals surface area contributed by atoms with Crippen LogP contribution in [0.5, 0.6) is 17.4 Å². The van der Waals surface area contributed by atoms with Gasteiger partial charge in [-0.2, -0.15) is 0 Å². The van der Waals surface area contributed by atoms with Crippen molar-refractivity contribution in [1.82, 2.24) is 5.27 Å². The lowest BCUT2D eigenvalue weighted by molar-refractivity contribution is -0.772. The quantitative estimate of drug-likeness (QED) is 0.585. The first-order chi connectivity index (χ1) is 11.0. The molecule has 0 aliphatic carbocycles. The zero-order chi connectivity index (χ0) is 16.8. The minimum atomic E-state index is -0.505. The molecule has 0 aliphatic heterocycles. The minimum Gasteiger partial charge on any atom is -0.538 e. The zero-order valence-electron chi connectivity index (χ0n) is 13.0. The van der Waals surface area contributed by atoms with Gasteiger partial charge < -0.3 is 24.4 Å². The molecule has 0 aliphatic rings. The van der Waals surface area contributed by atoms with Gasteiger partial charge in [0.25, 0.3) is 5.03 Å². The number of carbonyl (C=O) groups excluding carboxylic acids is 1. The molecule has 23 heavy (non-hydrogen) atoms. The summed E-state index contributed by atoms with van der Waals surface area (Å²) in [5, 5.41) is 18.0. The van der Waals surface area contributed by atoms with Crippen LogP contribution in [0, 0.1) is 0 Å². The Kier molecular flexibility index (Phi) is 5.69. The summed E-state index contributed by atoms with van der Waals surface area (Å²) in [6.45, 7) is 0. The second-order valence-electron chi connectivity index (χ2n) is 4.50. The number of aryl methyl sites for hydroxylation is 1. The van der Waals surface area contributed by atoms with Crippen LogP contribution in [0.3, 0.4) is 0 Å². The van der Waals surface area contributed by atoms with E-state index >= 15 is 0 Å². The van der Waals surface area contributed by atoms with Crippen molar-refractivity contribution in [2.24, 2.45) is 7.05 Å². The van der Waals surface area contributed by atoms with Gasteiger partial charge in [-0.1, -0.05) is 16.4 Å². The number of thioether (sulfide) groups is 1. The van der Waals surface area contributed by atoms with Crippen molar-refractivity contribution in [2.75, 3.05) is 25.3 Å². The number of nitrogens with one attached hydrogen (secondary N) is 1. The highest BCUT2D eigenvalue weighted by Crippen LogP contribution is 2.29. The number of ether oxygens (including phenoxy) is 2. The maximum atomic E-state index is 12.0. The summed E-state index contributed by atoms with van der Waals surface area (Å²) < 4.78 is 16.2. The molecular weight excluding hydrogens is 322 g/mol. The number of aromatic nitrogens is 2. The zero-order valence-corrected chi connectivity index (χ0v) is 13.8. The van der Waals surface area contributed by atoms with Crippen molar-refractivity contribution in [3.63, 3.8) is 0 Å². The van der Waals surface area contributed by atoms with Crippen LogP contribution < -0.4 is 24.6 Å². The molecule has 9 heteroatoms. The van der Waals surface area contributed by atoms with E-state index in [0.29, 0.717) is 28.0 Å². The highest BCUT2D eigenvalue weighted by Gasteiger charge is 2.15. The lowest BCUT2D eigenvalue weighted by Gasteiger charge is -2.11. The molecule has 0 unspecified atom stereocenters. The molecule has 0 saturated heterocycles. The molecule has 8 nitrogen and oxygen atoms in total. The number of carbonyl (C=O) groups is 1. The molecule has 0 fully saturated rings. The predicted octanol–water partition coefficient (Wildman–Crippen LogP) is 0.711. The monoisotopic (exact) mass is 339 g/mol. The summed E-state index contributed by atoms with van der Waals surface area (Å²) in [4.78, 5) is 12.0. The lowest BCUT2D eigenvalue weighted by Crippen LogP contribution is -2.32. The summed E-state index contributed by atoms with van der Waals surface area (Å²) in [6.07, 6.45) is 0.227. The van der Waals surface area contributed by atoms with E-state index in [9.17, 15) is 9.90 Å².